The van der Waals surface area contributed by atoms with Gasteiger partial charge in [0, 0.05) is 17.7 Å². The monoisotopic (exact) mass is 454 g/mol. The molecule has 1 saturated heterocycles. The van der Waals surface area contributed by atoms with Crippen molar-refractivity contribution in [1.29, 1.82) is 0 Å². The summed E-state index contributed by atoms with van der Waals surface area (Å²) in [4.78, 5) is 29.3. The van der Waals surface area contributed by atoms with E-state index in [-0.39, 0.29) is 23.4 Å². The van der Waals surface area contributed by atoms with E-state index in [1.165, 1.54) is 11.0 Å². The Balaban J connectivity index is 2.08. The largest absolute Gasteiger partial charge is 0.507 e. The second-order valence-electron chi connectivity index (χ2n) is 8.50. The Bertz CT molecular complexity index is 1060. The average molecular weight is 455 g/mol. The van der Waals surface area contributed by atoms with Crippen molar-refractivity contribution in [1.82, 2.24) is 9.80 Å². The van der Waals surface area contributed by atoms with Crippen molar-refractivity contribution < 1.29 is 23.8 Å². The Morgan fingerprint density at radius 3 is 2.55 bits per heavy atom. The maximum absolute atomic E-state index is 14.8. The molecule has 0 unspecified atom stereocenters. The van der Waals surface area contributed by atoms with Crippen LogP contribution in [0.5, 0.6) is 5.75 Å². The summed E-state index contributed by atoms with van der Waals surface area (Å²) in [7, 11) is 3.83. The zero-order chi connectivity index (χ0) is 24.1. The molecule has 1 heterocycles. The molecule has 2 aromatic rings. The van der Waals surface area contributed by atoms with Crippen molar-refractivity contribution in [2.24, 2.45) is 0 Å². The number of aliphatic hydroxyl groups is 1. The lowest BCUT2D eigenvalue weighted by Crippen LogP contribution is -2.32. The van der Waals surface area contributed by atoms with Crippen molar-refractivity contribution in [2.45, 2.75) is 32.7 Å². The van der Waals surface area contributed by atoms with Crippen molar-refractivity contribution in [3.05, 3.63) is 70.5 Å². The van der Waals surface area contributed by atoms with Gasteiger partial charge >= 0.3 is 0 Å². The maximum atomic E-state index is 14.8. The lowest BCUT2D eigenvalue weighted by atomic mass is 9.94. The lowest BCUT2D eigenvalue weighted by molar-refractivity contribution is -0.140. The first-order valence-electron chi connectivity index (χ1n) is 11.2. The van der Waals surface area contributed by atoms with E-state index < -0.39 is 23.5 Å². The number of benzene rings is 2. The molecule has 0 saturated carbocycles. The molecule has 0 radical (unpaired) electrons. The molecule has 1 N–H and O–H groups in total. The fourth-order valence-corrected chi connectivity index (χ4v) is 4.01. The number of ketones is 1. The highest BCUT2D eigenvalue weighted by Gasteiger charge is 2.46. The number of hydrogen-bond acceptors (Lipinski definition) is 5. The number of aryl methyl sites for hydroxylation is 1. The molecule has 1 amide bonds. The predicted molar refractivity (Wildman–Crippen MR) is 126 cm³/mol. The molecule has 1 aliphatic heterocycles. The van der Waals surface area contributed by atoms with Crippen LogP contribution < -0.4 is 4.74 Å². The normalized spacial score (nSPS) is 17.8. The predicted octanol–water partition coefficient (Wildman–Crippen LogP) is 4.30. The number of amides is 1. The number of ether oxygens (including phenoxy) is 1. The van der Waals surface area contributed by atoms with E-state index in [0.29, 0.717) is 30.9 Å². The van der Waals surface area contributed by atoms with Crippen LogP contribution in [-0.2, 0) is 9.59 Å². The van der Waals surface area contributed by atoms with Gasteiger partial charge in [0.2, 0.25) is 0 Å². The Morgan fingerprint density at radius 1 is 1.18 bits per heavy atom. The smallest absolute Gasteiger partial charge is 0.295 e. The second kappa shape index (κ2) is 10.6. The number of aliphatic hydroxyl groups excluding tert-OH is 1. The van der Waals surface area contributed by atoms with Gasteiger partial charge in [0.1, 0.15) is 17.3 Å². The average Bonchev–Trinajstić information content (AvgIpc) is 3.02. The van der Waals surface area contributed by atoms with Gasteiger partial charge in [0.05, 0.1) is 18.2 Å². The van der Waals surface area contributed by atoms with E-state index in [9.17, 15) is 19.1 Å². The maximum Gasteiger partial charge on any atom is 0.295 e. The number of carbonyl (C=O) groups excluding carboxylic acids is 2. The summed E-state index contributed by atoms with van der Waals surface area (Å²) in [5, 5.41) is 11.2. The van der Waals surface area contributed by atoms with Crippen LogP contribution in [0.4, 0.5) is 4.39 Å². The number of likely N-dealkylation sites (tertiary alicyclic amines) is 1. The summed E-state index contributed by atoms with van der Waals surface area (Å²) in [6, 6.07) is 10.1. The molecule has 7 heteroatoms. The molecule has 3 rings (SSSR count). The minimum Gasteiger partial charge on any atom is -0.507 e. The molecule has 1 aliphatic rings. The fraction of sp³-hybridized carbons (Fsp3) is 0.385. The molecule has 6 nitrogen and oxygen atoms in total. The SMILES string of the molecule is CCCOc1ccc(C(O)=C2C(=O)C(=O)N(CCCN(C)C)[C@@H]2c2ccccc2F)cc1C. The van der Waals surface area contributed by atoms with E-state index in [0.717, 1.165) is 12.0 Å². The summed E-state index contributed by atoms with van der Waals surface area (Å²) in [5.74, 6) is -1.71. The molecule has 33 heavy (non-hydrogen) atoms. The van der Waals surface area contributed by atoms with Gasteiger partial charge < -0.3 is 19.6 Å². The summed E-state index contributed by atoms with van der Waals surface area (Å²) in [5.41, 5.74) is 1.25. The Hall–Kier alpha value is -3.19. The molecule has 1 fully saturated rings. The third kappa shape index (κ3) is 5.25. The summed E-state index contributed by atoms with van der Waals surface area (Å²) >= 11 is 0. The highest BCUT2D eigenvalue weighted by Crippen LogP contribution is 2.40. The van der Waals surface area contributed by atoms with Crippen LogP contribution in [0.1, 0.15) is 42.5 Å². The first-order valence-corrected chi connectivity index (χ1v) is 11.2. The topological polar surface area (TPSA) is 70.1 Å². The number of halogens is 1. The first kappa shape index (κ1) is 24.5. The molecular weight excluding hydrogens is 423 g/mol. The molecule has 0 bridgehead atoms. The minimum absolute atomic E-state index is 0.100. The lowest BCUT2D eigenvalue weighted by Gasteiger charge is -2.26. The zero-order valence-corrected chi connectivity index (χ0v) is 19.6. The van der Waals surface area contributed by atoms with Gasteiger partial charge in [-0.05, 0) is 70.2 Å². The molecular formula is C26H31FN2O4. The van der Waals surface area contributed by atoms with Gasteiger partial charge in [-0.25, -0.2) is 4.39 Å². The Labute approximate surface area is 194 Å². The van der Waals surface area contributed by atoms with Crippen LogP contribution in [0.2, 0.25) is 0 Å². The van der Waals surface area contributed by atoms with Crippen LogP contribution in [0.3, 0.4) is 0 Å². The summed E-state index contributed by atoms with van der Waals surface area (Å²) in [6.45, 7) is 5.38. The summed E-state index contributed by atoms with van der Waals surface area (Å²) < 4.78 is 20.5. The zero-order valence-electron chi connectivity index (χ0n) is 19.6. The standard InChI is InChI=1S/C26H31FN2O4/c1-5-15-33-21-12-11-18(16-17(21)2)24(30)22-23(19-9-6-7-10-20(19)27)29(26(32)25(22)31)14-8-13-28(3)4/h6-7,9-12,16,23,30H,5,8,13-15H2,1-4H3/t23-/m1/s1. The van der Waals surface area contributed by atoms with E-state index in [1.54, 1.807) is 36.4 Å². The summed E-state index contributed by atoms with van der Waals surface area (Å²) in [6.07, 6.45) is 1.47. The van der Waals surface area contributed by atoms with Gasteiger partial charge in [0.25, 0.3) is 11.7 Å². The van der Waals surface area contributed by atoms with E-state index >= 15 is 0 Å². The molecule has 176 valence electrons. The number of Topliss-reactive ketones (excluding diaryl/α,β-unsaturated/α-hetero) is 1. The minimum atomic E-state index is -0.996. The third-order valence-corrected chi connectivity index (χ3v) is 5.65. The van der Waals surface area contributed by atoms with Crippen LogP contribution in [0.15, 0.2) is 48.0 Å². The fourth-order valence-electron chi connectivity index (χ4n) is 4.01. The Morgan fingerprint density at radius 2 is 1.91 bits per heavy atom. The van der Waals surface area contributed by atoms with E-state index in [4.69, 9.17) is 4.74 Å². The van der Waals surface area contributed by atoms with E-state index in [1.807, 2.05) is 32.8 Å². The van der Waals surface area contributed by atoms with Crippen LogP contribution in [0, 0.1) is 12.7 Å². The van der Waals surface area contributed by atoms with Crippen molar-refractivity contribution in [3.8, 4) is 5.75 Å². The highest BCUT2D eigenvalue weighted by molar-refractivity contribution is 6.46. The number of nitrogens with zero attached hydrogens (tertiary/aromatic N) is 2. The number of rotatable bonds is 9. The van der Waals surface area contributed by atoms with Crippen LogP contribution in [0.25, 0.3) is 5.76 Å². The van der Waals surface area contributed by atoms with Crippen molar-refractivity contribution >= 4 is 17.4 Å². The van der Waals surface area contributed by atoms with Gasteiger partial charge in [-0.1, -0.05) is 25.1 Å². The van der Waals surface area contributed by atoms with Crippen LogP contribution in [-0.4, -0.2) is 60.4 Å². The number of carbonyl (C=O) groups is 2. The van der Waals surface area contributed by atoms with Gasteiger partial charge in [0.15, 0.2) is 0 Å². The van der Waals surface area contributed by atoms with Crippen LogP contribution >= 0.6 is 0 Å². The van der Waals surface area contributed by atoms with E-state index in [2.05, 4.69) is 0 Å². The Kier molecular flexibility index (Phi) is 7.87. The van der Waals surface area contributed by atoms with Crippen molar-refractivity contribution in [2.75, 3.05) is 33.8 Å². The molecule has 0 aliphatic carbocycles. The molecule has 0 aromatic heterocycles. The van der Waals surface area contributed by atoms with Gasteiger partial charge in [-0.15, -0.1) is 0 Å². The molecule has 2 aromatic carbocycles. The first-order chi connectivity index (χ1) is 15.8. The van der Waals surface area contributed by atoms with Gasteiger partial charge in [-0.3, -0.25) is 9.59 Å². The molecule has 0 spiro atoms. The highest BCUT2D eigenvalue weighted by atomic mass is 19.1. The number of hydrogen-bond donors (Lipinski definition) is 1. The molecule has 1 atom stereocenters. The second-order valence-corrected chi connectivity index (χ2v) is 8.50. The third-order valence-electron chi connectivity index (χ3n) is 5.65. The van der Waals surface area contributed by atoms with Gasteiger partial charge in [-0.2, -0.15) is 0 Å². The van der Waals surface area contributed by atoms with Crippen molar-refractivity contribution in [3.63, 3.8) is 0 Å². The quantitative estimate of drug-likeness (QED) is 0.348.